The van der Waals surface area contributed by atoms with Crippen molar-refractivity contribution in [2.24, 2.45) is 0 Å². The molecule has 0 unspecified atom stereocenters. The first-order chi connectivity index (χ1) is 11.0. The molecule has 0 aliphatic carbocycles. The molecule has 1 rings (SSSR count). The molecule has 0 aliphatic heterocycles. The summed E-state index contributed by atoms with van der Waals surface area (Å²) >= 11 is 6.18. The number of anilines is 1. The van der Waals surface area contributed by atoms with E-state index in [4.69, 9.17) is 25.8 Å². The Morgan fingerprint density at radius 1 is 1.30 bits per heavy atom. The van der Waals surface area contributed by atoms with Crippen molar-refractivity contribution in [2.75, 3.05) is 32.2 Å². The van der Waals surface area contributed by atoms with Crippen molar-refractivity contribution in [3.63, 3.8) is 0 Å². The van der Waals surface area contributed by atoms with Crippen LogP contribution in [0.5, 0.6) is 5.75 Å². The van der Waals surface area contributed by atoms with Crippen LogP contribution in [0.4, 0.5) is 5.69 Å². The van der Waals surface area contributed by atoms with Crippen LogP contribution in [0.3, 0.4) is 0 Å². The van der Waals surface area contributed by atoms with Gasteiger partial charge in [0.15, 0.2) is 0 Å². The van der Waals surface area contributed by atoms with Crippen LogP contribution >= 0.6 is 11.6 Å². The molecule has 1 aromatic rings. The standard InChI is InChI=1S/C17H26ClNO4/c1-5-9-17(3,23-6-2)16(20)19-13-7-8-15(14(18)12-13)22-11-10-21-4/h7-8,12H,5-6,9-11H2,1-4H3,(H,19,20)/t17-/m0/s1. The third kappa shape index (κ3) is 6.01. The Labute approximate surface area is 143 Å². The number of hydrogen-bond donors (Lipinski definition) is 1. The Kier molecular flexibility index (Phi) is 8.37. The number of benzene rings is 1. The van der Waals surface area contributed by atoms with Crippen molar-refractivity contribution in [2.45, 2.75) is 39.2 Å². The molecule has 0 saturated carbocycles. The van der Waals surface area contributed by atoms with Crippen LogP contribution < -0.4 is 10.1 Å². The minimum Gasteiger partial charge on any atom is -0.490 e. The van der Waals surface area contributed by atoms with E-state index in [1.165, 1.54) is 0 Å². The number of ether oxygens (including phenoxy) is 3. The summed E-state index contributed by atoms with van der Waals surface area (Å²) in [6, 6.07) is 5.15. The average Bonchev–Trinajstić information content (AvgIpc) is 2.50. The van der Waals surface area contributed by atoms with Crippen LogP contribution in [0.1, 0.15) is 33.6 Å². The van der Waals surface area contributed by atoms with Gasteiger partial charge in [-0.3, -0.25) is 4.79 Å². The van der Waals surface area contributed by atoms with Crippen molar-refractivity contribution >= 4 is 23.2 Å². The van der Waals surface area contributed by atoms with Gasteiger partial charge in [0, 0.05) is 19.4 Å². The molecule has 0 bridgehead atoms. The Hall–Kier alpha value is -1.30. The Balaban J connectivity index is 2.76. The molecule has 0 aliphatic rings. The van der Waals surface area contributed by atoms with Crippen LogP contribution in [0, 0.1) is 0 Å². The summed E-state index contributed by atoms with van der Waals surface area (Å²) in [7, 11) is 1.61. The van der Waals surface area contributed by atoms with E-state index in [0.717, 1.165) is 6.42 Å². The highest BCUT2D eigenvalue weighted by atomic mass is 35.5. The molecule has 1 aromatic carbocycles. The highest BCUT2D eigenvalue weighted by molar-refractivity contribution is 6.32. The molecule has 23 heavy (non-hydrogen) atoms. The molecule has 1 atom stereocenters. The second kappa shape index (κ2) is 9.75. The number of rotatable bonds is 10. The fourth-order valence-corrected chi connectivity index (χ4v) is 2.48. The first-order valence-corrected chi connectivity index (χ1v) is 8.21. The molecule has 130 valence electrons. The maximum Gasteiger partial charge on any atom is 0.256 e. The molecule has 0 spiro atoms. The number of methoxy groups -OCH3 is 1. The van der Waals surface area contributed by atoms with Gasteiger partial charge in [0.05, 0.1) is 11.6 Å². The smallest absolute Gasteiger partial charge is 0.256 e. The van der Waals surface area contributed by atoms with E-state index >= 15 is 0 Å². The van der Waals surface area contributed by atoms with Crippen molar-refractivity contribution in [1.29, 1.82) is 0 Å². The molecule has 0 radical (unpaired) electrons. The lowest BCUT2D eigenvalue weighted by molar-refractivity contribution is -0.139. The number of amides is 1. The zero-order chi connectivity index (χ0) is 17.3. The summed E-state index contributed by atoms with van der Waals surface area (Å²) in [6.45, 7) is 7.09. The Bertz CT molecular complexity index is 501. The quantitative estimate of drug-likeness (QED) is 0.655. The monoisotopic (exact) mass is 343 g/mol. The van der Waals surface area contributed by atoms with E-state index in [9.17, 15) is 4.79 Å². The SMILES string of the molecule is CCC[C@](C)(OCC)C(=O)Nc1ccc(OCCOC)c(Cl)c1. The summed E-state index contributed by atoms with van der Waals surface area (Å²) < 4.78 is 16.1. The predicted octanol–water partition coefficient (Wildman–Crippen LogP) is 3.90. The van der Waals surface area contributed by atoms with E-state index in [1.807, 2.05) is 13.8 Å². The summed E-state index contributed by atoms with van der Waals surface area (Å²) in [5.74, 6) is 0.383. The number of hydrogen-bond acceptors (Lipinski definition) is 4. The lowest BCUT2D eigenvalue weighted by Crippen LogP contribution is -2.42. The van der Waals surface area contributed by atoms with E-state index in [-0.39, 0.29) is 5.91 Å². The van der Waals surface area contributed by atoms with Crippen molar-refractivity contribution < 1.29 is 19.0 Å². The first-order valence-electron chi connectivity index (χ1n) is 7.83. The molecule has 0 saturated heterocycles. The molecule has 1 amide bonds. The second-order valence-electron chi connectivity index (χ2n) is 5.35. The molecule has 0 aromatic heterocycles. The molecule has 5 nitrogen and oxygen atoms in total. The van der Waals surface area contributed by atoms with Crippen molar-refractivity contribution in [1.82, 2.24) is 0 Å². The van der Waals surface area contributed by atoms with Crippen molar-refractivity contribution in [3.8, 4) is 5.75 Å². The zero-order valence-electron chi connectivity index (χ0n) is 14.3. The van der Waals surface area contributed by atoms with Gasteiger partial charge in [-0.15, -0.1) is 0 Å². The van der Waals surface area contributed by atoms with E-state index in [1.54, 1.807) is 32.2 Å². The Morgan fingerprint density at radius 2 is 2.04 bits per heavy atom. The van der Waals surface area contributed by atoms with Crippen LogP contribution in [0.25, 0.3) is 0 Å². The van der Waals surface area contributed by atoms with Gasteiger partial charge in [-0.1, -0.05) is 24.9 Å². The van der Waals surface area contributed by atoms with E-state index in [0.29, 0.717) is 42.7 Å². The molecule has 0 fully saturated rings. The maximum atomic E-state index is 12.5. The molecule has 1 N–H and O–H groups in total. The van der Waals surface area contributed by atoms with Crippen LogP contribution in [-0.2, 0) is 14.3 Å². The zero-order valence-corrected chi connectivity index (χ0v) is 15.0. The number of halogens is 1. The molecular formula is C17H26ClNO4. The summed E-state index contributed by atoms with van der Waals surface area (Å²) in [6.07, 6.45) is 1.51. The fraction of sp³-hybridized carbons (Fsp3) is 0.588. The van der Waals surface area contributed by atoms with Crippen LogP contribution in [0.2, 0.25) is 5.02 Å². The second-order valence-corrected chi connectivity index (χ2v) is 5.76. The minimum atomic E-state index is -0.844. The van der Waals surface area contributed by atoms with Crippen molar-refractivity contribution in [3.05, 3.63) is 23.2 Å². The van der Waals surface area contributed by atoms with Gasteiger partial charge in [-0.25, -0.2) is 0 Å². The third-order valence-electron chi connectivity index (χ3n) is 3.41. The minimum absolute atomic E-state index is 0.176. The lowest BCUT2D eigenvalue weighted by Gasteiger charge is -2.27. The van der Waals surface area contributed by atoms with Gasteiger partial charge in [0.25, 0.3) is 5.91 Å². The Morgan fingerprint density at radius 3 is 2.61 bits per heavy atom. The molecule has 0 heterocycles. The molecular weight excluding hydrogens is 318 g/mol. The topological polar surface area (TPSA) is 56.8 Å². The van der Waals surface area contributed by atoms with Gasteiger partial charge in [0.1, 0.15) is 18.0 Å². The maximum absolute atomic E-state index is 12.5. The number of carbonyl (C=O) groups is 1. The van der Waals surface area contributed by atoms with E-state index in [2.05, 4.69) is 5.32 Å². The van der Waals surface area contributed by atoms with Gasteiger partial charge < -0.3 is 19.5 Å². The fourth-order valence-electron chi connectivity index (χ4n) is 2.24. The third-order valence-corrected chi connectivity index (χ3v) is 3.70. The highest BCUT2D eigenvalue weighted by Crippen LogP contribution is 2.29. The number of nitrogens with one attached hydrogen (secondary N) is 1. The van der Waals surface area contributed by atoms with Gasteiger partial charge in [-0.05, 0) is 38.5 Å². The van der Waals surface area contributed by atoms with E-state index < -0.39 is 5.60 Å². The lowest BCUT2D eigenvalue weighted by atomic mass is 9.99. The first kappa shape index (κ1) is 19.7. The highest BCUT2D eigenvalue weighted by Gasteiger charge is 2.33. The van der Waals surface area contributed by atoms with Gasteiger partial charge in [0.2, 0.25) is 0 Å². The van der Waals surface area contributed by atoms with Crippen LogP contribution in [-0.4, -0.2) is 38.4 Å². The largest absolute Gasteiger partial charge is 0.490 e. The summed E-state index contributed by atoms with van der Waals surface area (Å²) in [5.41, 5.74) is -0.231. The van der Waals surface area contributed by atoms with Gasteiger partial charge in [-0.2, -0.15) is 0 Å². The molecule has 6 heteroatoms. The summed E-state index contributed by atoms with van der Waals surface area (Å²) in [4.78, 5) is 12.5. The normalized spacial score (nSPS) is 13.4. The number of carbonyl (C=O) groups excluding carboxylic acids is 1. The average molecular weight is 344 g/mol. The van der Waals surface area contributed by atoms with Gasteiger partial charge >= 0.3 is 0 Å². The predicted molar refractivity (Wildman–Crippen MR) is 92.4 cm³/mol. The summed E-state index contributed by atoms with van der Waals surface area (Å²) in [5, 5.41) is 3.30. The van der Waals surface area contributed by atoms with Crippen LogP contribution in [0.15, 0.2) is 18.2 Å².